The van der Waals surface area contributed by atoms with Crippen LogP contribution in [0.15, 0.2) is 46.9 Å². The Balaban J connectivity index is 1.64. The van der Waals surface area contributed by atoms with Crippen LogP contribution in [0.25, 0.3) is 11.6 Å². The fourth-order valence-corrected chi connectivity index (χ4v) is 3.89. The number of benzene rings is 1. The third-order valence-electron chi connectivity index (χ3n) is 5.55. The molecule has 0 bridgehead atoms. The number of rotatable bonds is 9. The lowest BCUT2D eigenvalue weighted by atomic mass is 10.1. The quantitative estimate of drug-likeness (QED) is 0.522. The van der Waals surface area contributed by atoms with E-state index in [0.29, 0.717) is 35.4 Å². The lowest BCUT2D eigenvalue weighted by Crippen LogP contribution is -2.26. The van der Waals surface area contributed by atoms with Crippen LogP contribution in [-0.2, 0) is 16.4 Å². The molecule has 1 saturated carbocycles. The Morgan fingerprint density at radius 1 is 1.16 bits per heavy atom. The van der Waals surface area contributed by atoms with Gasteiger partial charge in [0.1, 0.15) is 11.5 Å². The van der Waals surface area contributed by atoms with Crippen LogP contribution in [0.1, 0.15) is 30.3 Å². The molecule has 1 aromatic carbocycles. The van der Waals surface area contributed by atoms with E-state index in [1.165, 1.54) is 24.2 Å². The van der Waals surface area contributed by atoms with E-state index in [4.69, 9.17) is 10.2 Å². The molecule has 1 aliphatic carbocycles. The average molecular weight is 457 g/mol. The maximum atomic E-state index is 12.1. The topological polar surface area (TPSA) is 118 Å². The molecule has 9 nitrogen and oxygen atoms in total. The van der Waals surface area contributed by atoms with E-state index in [0.717, 1.165) is 18.4 Å². The Labute approximate surface area is 188 Å². The molecule has 2 aromatic heterocycles. The molecular formula is C22H28N6O3S. The van der Waals surface area contributed by atoms with Crippen LogP contribution in [0.5, 0.6) is 0 Å². The van der Waals surface area contributed by atoms with Crippen molar-refractivity contribution in [1.82, 2.24) is 15.2 Å². The molecule has 0 saturated heterocycles. The minimum Gasteiger partial charge on any atom is -0.418 e. The van der Waals surface area contributed by atoms with Gasteiger partial charge in [0.2, 0.25) is 15.9 Å². The standard InChI is InChI=1S/C22H28N6O3S/c1-27(14-16-9-10-16)20-13-17(28(2)32(3,29)30)12-19(24-20)22-26-25-21(31-22)18(23)11-15-7-5-4-6-8-15/h4-8,12-13,16,18H,9-11,14,23H2,1-3H3/t18-/m1/s1. The second-order valence-corrected chi connectivity index (χ2v) is 10.4. The zero-order valence-electron chi connectivity index (χ0n) is 18.5. The van der Waals surface area contributed by atoms with Crippen LogP contribution in [0.4, 0.5) is 11.5 Å². The summed E-state index contributed by atoms with van der Waals surface area (Å²) in [4.78, 5) is 6.70. The Hall–Kier alpha value is -2.98. The number of hydrogen-bond acceptors (Lipinski definition) is 8. The SMILES string of the molecule is CN(CC1CC1)c1cc(N(C)S(C)(=O)=O)cc(-c2nnc([C@H](N)Cc3ccccc3)o2)n1. The molecule has 2 N–H and O–H groups in total. The zero-order valence-corrected chi connectivity index (χ0v) is 19.3. The van der Waals surface area contributed by atoms with E-state index in [9.17, 15) is 8.42 Å². The second kappa shape index (κ2) is 8.87. The molecule has 0 unspecified atom stereocenters. The van der Waals surface area contributed by atoms with Gasteiger partial charge in [-0.25, -0.2) is 13.4 Å². The molecular weight excluding hydrogens is 428 g/mol. The molecule has 3 aromatic rings. The molecule has 10 heteroatoms. The molecule has 2 heterocycles. The fourth-order valence-electron chi connectivity index (χ4n) is 3.40. The minimum atomic E-state index is -3.45. The van der Waals surface area contributed by atoms with Crippen LogP contribution >= 0.6 is 0 Å². The maximum absolute atomic E-state index is 12.1. The number of aromatic nitrogens is 3. The second-order valence-electron chi connectivity index (χ2n) is 8.36. The summed E-state index contributed by atoms with van der Waals surface area (Å²) in [6, 6.07) is 12.8. The number of nitrogens with zero attached hydrogens (tertiary/aromatic N) is 5. The molecule has 1 fully saturated rings. The summed E-state index contributed by atoms with van der Waals surface area (Å²) in [5, 5.41) is 8.26. The number of nitrogens with two attached hydrogens (primary N) is 1. The fraction of sp³-hybridized carbons (Fsp3) is 0.409. The molecule has 32 heavy (non-hydrogen) atoms. The van der Waals surface area contributed by atoms with Crippen LogP contribution in [-0.4, -0.2) is 50.5 Å². The highest BCUT2D eigenvalue weighted by molar-refractivity contribution is 7.92. The summed E-state index contributed by atoms with van der Waals surface area (Å²) in [6.07, 6.45) is 4.12. The largest absolute Gasteiger partial charge is 0.418 e. The first kappa shape index (κ1) is 22.2. The summed E-state index contributed by atoms with van der Waals surface area (Å²) in [5.41, 5.74) is 8.23. The van der Waals surface area contributed by atoms with Crippen molar-refractivity contribution in [3.63, 3.8) is 0 Å². The first-order valence-electron chi connectivity index (χ1n) is 10.5. The monoisotopic (exact) mass is 456 g/mol. The van der Waals surface area contributed by atoms with E-state index in [1.807, 2.05) is 42.3 Å². The lowest BCUT2D eigenvalue weighted by Gasteiger charge is -2.22. The van der Waals surface area contributed by atoms with E-state index < -0.39 is 16.1 Å². The highest BCUT2D eigenvalue weighted by atomic mass is 32.2. The molecule has 0 aliphatic heterocycles. The summed E-state index contributed by atoms with van der Waals surface area (Å²) >= 11 is 0. The minimum absolute atomic E-state index is 0.202. The maximum Gasteiger partial charge on any atom is 0.266 e. The van der Waals surface area contributed by atoms with Crippen molar-refractivity contribution in [3.8, 4) is 11.6 Å². The van der Waals surface area contributed by atoms with Crippen LogP contribution in [0, 0.1) is 5.92 Å². The van der Waals surface area contributed by atoms with E-state index in [2.05, 4.69) is 15.2 Å². The predicted octanol–water partition coefficient (Wildman–Crippen LogP) is 2.62. The smallest absolute Gasteiger partial charge is 0.266 e. The number of sulfonamides is 1. The van der Waals surface area contributed by atoms with Gasteiger partial charge in [-0.15, -0.1) is 10.2 Å². The average Bonchev–Trinajstić information content (AvgIpc) is 3.43. The third-order valence-corrected chi connectivity index (χ3v) is 6.76. The summed E-state index contributed by atoms with van der Waals surface area (Å²) in [7, 11) is 0.00574. The number of pyridine rings is 1. The van der Waals surface area contributed by atoms with E-state index >= 15 is 0 Å². The van der Waals surface area contributed by atoms with Gasteiger partial charge >= 0.3 is 0 Å². The van der Waals surface area contributed by atoms with Crippen LogP contribution < -0.4 is 14.9 Å². The molecule has 1 aliphatic rings. The van der Waals surface area contributed by atoms with Crippen molar-refractivity contribution in [1.29, 1.82) is 0 Å². The summed E-state index contributed by atoms with van der Waals surface area (Å²) in [5.74, 6) is 1.80. The zero-order chi connectivity index (χ0) is 22.9. The van der Waals surface area contributed by atoms with Gasteiger partial charge < -0.3 is 15.1 Å². The normalized spacial score (nSPS) is 14.9. The van der Waals surface area contributed by atoms with Gasteiger partial charge in [0.15, 0.2) is 0 Å². The van der Waals surface area contributed by atoms with Crippen molar-refractivity contribution in [3.05, 3.63) is 53.9 Å². The number of anilines is 2. The Bertz CT molecular complexity index is 1180. The van der Waals surface area contributed by atoms with Gasteiger partial charge in [-0.3, -0.25) is 4.31 Å². The first-order chi connectivity index (χ1) is 15.2. The molecule has 170 valence electrons. The van der Waals surface area contributed by atoms with Crippen molar-refractivity contribution >= 4 is 21.5 Å². The Kier molecular flexibility index (Phi) is 6.16. The van der Waals surface area contributed by atoms with Gasteiger partial charge in [0.05, 0.1) is 18.0 Å². The van der Waals surface area contributed by atoms with Gasteiger partial charge in [0.25, 0.3) is 5.89 Å². The number of hydrogen-bond donors (Lipinski definition) is 1. The van der Waals surface area contributed by atoms with E-state index in [-0.39, 0.29) is 5.89 Å². The van der Waals surface area contributed by atoms with Crippen molar-refractivity contribution in [2.75, 3.05) is 36.1 Å². The highest BCUT2D eigenvalue weighted by Gasteiger charge is 2.25. The predicted molar refractivity (Wildman–Crippen MR) is 124 cm³/mol. The molecule has 0 spiro atoms. The van der Waals surface area contributed by atoms with Crippen molar-refractivity contribution < 1.29 is 12.8 Å². The highest BCUT2D eigenvalue weighted by Crippen LogP contribution is 2.33. The molecule has 0 radical (unpaired) electrons. The van der Waals surface area contributed by atoms with Crippen LogP contribution in [0.3, 0.4) is 0 Å². The first-order valence-corrected chi connectivity index (χ1v) is 12.4. The molecule has 4 rings (SSSR count). The van der Waals surface area contributed by atoms with E-state index in [1.54, 1.807) is 12.1 Å². The summed E-state index contributed by atoms with van der Waals surface area (Å²) in [6.45, 7) is 0.857. The third kappa shape index (κ3) is 5.25. The van der Waals surface area contributed by atoms with Gasteiger partial charge in [-0.05, 0) is 36.8 Å². The Morgan fingerprint density at radius 2 is 1.88 bits per heavy atom. The molecule has 1 atom stereocenters. The Morgan fingerprint density at radius 3 is 2.53 bits per heavy atom. The van der Waals surface area contributed by atoms with Crippen molar-refractivity contribution in [2.45, 2.75) is 25.3 Å². The summed E-state index contributed by atoms with van der Waals surface area (Å²) < 4.78 is 31.3. The van der Waals surface area contributed by atoms with Gasteiger partial charge in [-0.1, -0.05) is 30.3 Å². The van der Waals surface area contributed by atoms with Crippen LogP contribution in [0.2, 0.25) is 0 Å². The van der Waals surface area contributed by atoms with Gasteiger partial charge in [-0.2, -0.15) is 0 Å². The van der Waals surface area contributed by atoms with Gasteiger partial charge in [0, 0.05) is 26.7 Å². The lowest BCUT2D eigenvalue weighted by molar-refractivity contribution is 0.456. The molecule has 0 amide bonds. The van der Waals surface area contributed by atoms with Crippen molar-refractivity contribution in [2.24, 2.45) is 11.7 Å².